The Morgan fingerprint density at radius 1 is 1.10 bits per heavy atom. The van der Waals surface area contributed by atoms with E-state index in [1.807, 2.05) is 24.3 Å². The van der Waals surface area contributed by atoms with Crippen LogP contribution in [0.25, 0.3) is 0 Å². The molecule has 2 aromatic rings. The molecule has 1 aliphatic rings. The molecule has 0 aliphatic carbocycles. The molecule has 1 heterocycles. The van der Waals surface area contributed by atoms with Gasteiger partial charge in [0, 0.05) is 31.0 Å². The number of nitrogens with one attached hydrogen (secondary N) is 2. The fourth-order valence-corrected chi connectivity index (χ4v) is 3.70. The number of amides is 2. The quantitative estimate of drug-likeness (QED) is 0.671. The van der Waals surface area contributed by atoms with Gasteiger partial charge in [0.25, 0.3) is 0 Å². The maximum Gasteiger partial charge on any atom is 0.237 e. The summed E-state index contributed by atoms with van der Waals surface area (Å²) in [5, 5.41) is 5.21. The third kappa shape index (κ3) is 7.12. The Morgan fingerprint density at radius 3 is 2.57 bits per heavy atom. The highest BCUT2D eigenvalue weighted by atomic mass is 32.2. The molecule has 1 fully saturated rings. The summed E-state index contributed by atoms with van der Waals surface area (Å²) in [4.78, 5) is 26.9. The maximum absolute atomic E-state index is 12.9. The number of thioether (sulfide) groups is 1. The Hall–Kier alpha value is -2.42. The van der Waals surface area contributed by atoms with Crippen molar-refractivity contribution < 1.29 is 18.7 Å². The van der Waals surface area contributed by atoms with Crippen LogP contribution >= 0.6 is 11.8 Å². The van der Waals surface area contributed by atoms with Gasteiger partial charge in [0.1, 0.15) is 5.82 Å². The van der Waals surface area contributed by atoms with E-state index >= 15 is 0 Å². The first-order valence-corrected chi connectivity index (χ1v) is 10.9. The third-order valence-corrected chi connectivity index (χ3v) is 5.81. The van der Waals surface area contributed by atoms with Gasteiger partial charge in [-0.25, -0.2) is 4.39 Å². The van der Waals surface area contributed by atoms with E-state index in [9.17, 15) is 14.0 Å². The Bertz CT molecular complexity index is 857. The van der Waals surface area contributed by atoms with Gasteiger partial charge in [-0.2, -0.15) is 0 Å². The van der Waals surface area contributed by atoms with Crippen molar-refractivity contribution in [2.24, 2.45) is 0 Å². The second-order valence-electron chi connectivity index (χ2n) is 7.09. The minimum absolute atomic E-state index is 0.128. The second-order valence-corrected chi connectivity index (χ2v) is 8.42. The smallest absolute Gasteiger partial charge is 0.237 e. The molecule has 1 saturated heterocycles. The lowest BCUT2D eigenvalue weighted by Gasteiger charge is -2.26. The van der Waals surface area contributed by atoms with Gasteiger partial charge in [0.2, 0.25) is 11.8 Å². The zero-order chi connectivity index (χ0) is 21.3. The van der Waals surface area contributed by atoms with Gasteiger partial charge in [0.05, 0.1) is 24.2 Å². The fourth-order valence-electron chi connectivity index (χ4n) is 3.02. The van der Waals surface area contributed by atoms with Crippen LogP contribution in [0.2, 0.25) is 0 Å². The summed E-state index contributed by atoms with van der Waals surface area (Å²) >= 11 is 1.25. The van der Waals surface area contributed by atoms with Crippen LogP contribution in [0.5, 0.6) is 0 Å². The summed E-state index contributed by atoms with van der Waals surface area (Å²) in [6.07, 6.45) is 0. The van der Waals surface area contributed by atoms with Crippen LogP contribution in [0.15, 0.2) is 48.5 Å². The van der Waals surface area contributed by atoms with E-state index in [1.165, 1.54) is 36.0 Å². The molecule has 2 amide bonds. The highest BCUT2D eigenvalue weighted by molar-refractivity contribution is 8.01. The molecule has 6 nitrogen and oxygen atoms in total. The highest BCUT2D eigenvalue weighted by Crippen LogP contribution is 2.17. The number of anilines is 2. The first kappa shape index (κ1) is 22.3. The van der Waals surface area contributed by atoms with Crippen LogP contribution in [0.4, 0.5) is 15.8 Å². The number of morpholine rings is 1. The van der Waals surface area contributed by atoms with Gasteiger partial charge >= 0.3 is 0 Å². The Morgan fingerprint density at radius 2 is 1.83 bits per heavy atom. The van der Waals surface area contributed by atoms with Crippen molar-refractivity contribution in [3.05, 3.63) is 59.9 Å². The third-order valence-electron chi connectivity index (χ3n) is 4.67. The fraction of sp³-hybridized carbons (Fsp3) is 0.364. The van der Waals surface area contributed by atoms with Gasteiger partial charge in [-0.15, -0.1) is 11.8 Å². The molecule has 0 aromatic heterocycles. The summed E-state index contributed by atoms with van der Waals surface area (Å²) in [6.45, 7) is 5.90. The predicted octanol–water partition coefficient (Wildman–Crippen LogP) is 3.36. The lowest BCUT2D eigenvalue weighted by Crippen LogP contribution is -2.35. The number of benzene rings is 2. The van der Waals surface area contributed by atoms with Crippen molar-refractivity contribution in [2.45, 2.75) is 18.7 Å². The first-order chi connectivity index (χ1) is 14.5. The standard InChI is InChI=1S/C22H26FN3O3S/c1-16(30-15-21(27)24-19-7-5-18(23)6-8-19)22(28)25-20-4-2-3-17(13-20)14-26-9-11-29-12-10-26/h2-8,13,16H,9-12,14-15H2,1H3,(H,24,27)(H,25,28). The molecule has 0 radical (unpaired) electrons. The summed E-state index contributed by atoms with van der Waals surface area (Å²) in [7, 11) is 0. The Kier molecular flexibility index (Phi) is 8.24. The lowest BCUT2D eigenvalue weighted by molar-refractivity contribution is -0.115. The minimum Gasteiger partial charge on any atom is -0.379 e. The van der Waals surface area contributed by atoms with E-state index < -0.39 is 5.25 Å². The van der Waals surface area contributed by atoms with E-state index in [0.29, 0.717) is 5.69 Å². The number of halogens is 1. The van der Waals surface area contributed by atoms with Crippen molar-refractivity contribution in [1.29, 1.82) is 0 Å². The van der Waals surface area contributed by atoms with Gasteiger partial charge in [-0.05, 0) is 48.9 Å². The molecule has 1 atom stereocenters. The Balaban J connectivity index is 1.44. The van der Waals surface area contributed by atoms with Crippen LogP contribution in [-0.2, 0) is 20.9 Å². The molecule has 2 aromatic carbocycles. The molecule has 0 bridgehead atoms. The number of hydrogen-bond donors (Lipinski definition) is 2. The van der Waals surface area contributed by atoms with E-state index in [-0.39, 0.29) is 23.4 Å². The molecule has 8 heteroatoms. The number of ether oxygens (including phenoxy) is 1. The van der Waals surface area contributed by atoms with E-state index in [2.05, 4.69) is 15.5 Å². The zero-order valence-corrected chi connectivity index (χ0v) is 17.7. The molecular weight excluding hydrogens is 405 g/mol. The molecule has 30 heavy (non-hydrogen) atoms. The van der Waals surface area contributed by atoms with Crippen LogP contribution in [-0.4, -0.2) is 54.0 Å². The summed E-state index contributed by atoms with van der Waals surface area (Å²) < 4.78 is 18.3. The minimum atomic E-state index is -0.396. The van der Waals surface area contributed by atoms with Gasteiger partial charge in [-0.3, -0.25) is 14.5 Å². The second kappa shape index (κ2) is 11.1. The number of carbonyl (C=O) groups is 2. The number of hydrogen-bond acceptors (Lipinski definition) is 5. The molecule has 1 unspecified atom stereocenters. The normalized spacial score (nSPS) is 15.4. The molecule has 0 saturated carbocycles. The number of carbonyl (C=O) groups excluding carboxylic acids is 2. The first-order valence-electron chi connectivity index (χ1n) is 9.86. The number of nitrogens with zero attached hydrogens (tertiary/aromatic N) is 1. The topological polar surface area (TPSA) is 70.7 Å². The molecule has 0 spiro atoms. The highest BCUT2D eigenvalue weighted by Gasteiger charge is 2.16. The Labute approximate surface area is 180 Å². The molecule has 160 valence electrons. The van der Waals surface area contributed by atoms with Crippen LogP contribution < -0.4 is 10.6 Å². The van der Waals surface area contributed by atoms with Crippen LogP contribution in [0.3, 0.4) is 0 Å². The van der Waals surface area contributed by atoms with Gasteiger partial charge in [-0.1, -0.05) is 12.1 Å². The van der Waals surface area contributed by atoms with Crippen molar-refractivity contribution in [2.75, 3.05) is 42.7 Å². The molecule has 3 rings (SSSR count). The van der Waals surface area contributed by atoms with E-state index in [0.717, 1.165) is 44.1 Å². The van der Waals surface area contributed by atoms with E-state index in [1.54, 1.807) is 6.92 Å². The van der Waals surface area contributed by atoms with Crippen molar-refractivity contribution in [3.63, 3.8) is 0 Å². The lowest BCUT2D eigenvalue weighted by atomic mass is 10.2. The van der Waals surface area contributed by atoms with Gasteiger partial charge in [0.15, 0.2) is 0 Å². The summed E-state index contributed by atoms with van der Waals surface area (Å²) in [5.41, 5.74) is 2.40. The monoisotopic (exact) mass is 431 g/mol. The van der Waals surface area contributed by atoms with Crippen LogP contribution in [0.1, 0.15) is 12.5 Å². The molecule has 2 N–H and O–H groups in total. The molecule has 1 aliphatic heterocycles. The van der Waals surface area contributed by atoms with Crippen molar-refractivity contribution >= 4 is 35.0 Å². The van der Waals surface area contributed by atoms with Crippen molar-refractivity contribution in [1.82, 2.24) is 4.90 Å². The van der Waals surface area contributed by atoms with Crippen LogP contribution in [0, 0.1) is 5.82 Å². The summed E-state index contributed by atoms with van der Waals surface area (Å²) in [5.74, 6) is -0.623. The zero-order valence-electron chi connectivity index (χ0n) is 16.9. The van der Waals surface area contributed by atoms with Gasteiger partial charge < -0.3 is 15.4 Å². The largest absolute Gasteiger partial charge is 0.379 e. The average Bonchev–Trinajstić information content (AvgIpc) is 2.74. The maximum atomic E-state index is 12.9. The summed E-state index contributed by atoms with van der Waals surface area (Å²) in [6, 6.07) is 13.4. The van der Waals surface area contributed by atoms with Crippen molar-refractivity contribution in [3.8, 4) is 0 Å². The predicted molar refractivity (Wildman–Crippen MR) is 118 cm³/mol. The number of rotatable bonds is 8. The SMILES string of the molecule is CC(SCC(=O)Nc1ccc(F)cc1)C(=O)Nc1cccc(CN2CCOCC2)c1. The molecular formula is C22H26FN3O3S. The van der Waals surface area contributed by atoms with E-state index in [4.69, 9.17) is 4.74 Å². The average molecular weight is 432 g/mol.